The molecule has 0 atom stereocenters. The Labute approximate surface area is 84.5 Å². The molecule has 0 aliphatic carbocycles. The van der Waals surface area contributed by atoms with E-state index in [2.05, 4.69) is 6.58 Å². The molecule has 0 spiro atoms. The van der Waals surface area contributed by atoms with Crippen LogP contribution in [-0.4, -0.2) is 9.67 Å². The third-order valence-electron chi connectivity index (χ3n) is 1.98. The lowest BCUT2D eigenvalue weighted by Crippen LogP contribution is -2.11. The van der Waals surface area contributed by atoms with Gasteiger partial charge < -0.3 is 5.11 Å². The van der Waals surface area contributed by atoms with E-state index in [1.165, 1.54) is 4.57 Å². The van der Waals surface area contributed by atoms with Gasteiger partial charge in [0.1, 0.15) is 11.3 Å². The number of aromatic hydroxyl groups is 1. The maximum atomic E-state index is 11.5. The first-order chi connectivity index (χ1) is 6.74. The molecule has 0 bridgehead atoms. The summed E-state index contributed by atoms with van der Waals surface area (Å²) in [5.41, 5.74) is 0.599. The lowest BCUT2D eigenvalue weighted by atomic mass is 10.3. The van der Waals surface area contributed by atoms with Crippen LogP contribution in [0.2, 0.25) is 0 Å². The molecule has 4 heteroatoms. The summed E-state index contributed by atoms with van der Waals surface area (Å²) in [5, 5.41) is 9.60. The third kappa shape index (κ3) is 1.24. The van der Waals surface area contributed by atoms with Crippen molar-refractivity contribution in [2.45, 2.75) is 6.54 Å². The second-order valence-corrected chi connectivity index (χ2v) is 3.88. The highest BCUT2D eigenvalue weighted by Crippen LogP contribution is 2.25. The Hall–Kier alpha value is -1.55. The van der Waals surface area contributed by atoms with Crippen molar-refractivity contribution in [1.29, 1.82) is 0 Å². The second-order valence-electron chi connectivity index (χ2n) is 2.89. The molecule has 0 unspecified atom stereocenters. The molecule has 1 aromatic heterocycles. The Morgan fingerprint density at radius 3 is 3.07 bits per heavy atom. The summed E-state index contributed by atoms with van der Waals surface area (Å²) < 4.78 is 2.32. The average Bonchev–Trinajstić information content (AvgIpc) is 2.45. The smallest absolute Gasteiger partial charge is 0.308 e. The fourth-order valence-corrected chi connectivity index (χ4v) is 2.32. The van der Waals surface area contributed by atoms with E-state index in [0.29, 0.717) is 12.1 Å². The Balaban J connectivity index is 2.86. The number of allylic oxidation sites excluding steroid dienone is 1. The van der Waals surface area contributed by atoms with Crippen molar-refractivity contribution in [3.05, 3.63) is 40.5 Å². The number of hydrogen-bond acceptors (Lipinski definition) is 3. The van der Waals surface area contributed by atoms with Crippen molar-refractivity contribution < 1.29 is 5.11 Å². The molecule has 1 heterocycles. The second kappa shape index (κ2) is 3.31. The summed E-state index contributed by atoms with van der Waals surface area (Å²) in [6.07, 6.45) is 1.64. The summed E-state index contributed by atoms with van der Waals surface area (Å²) >= 11 is 1.13. The summed E-state index contributed by atoms with van der Waals surface area (Å²) in [6.45, 7) is 4.00. The van der Waals surface area contributed by atoms with Gasteiger partial charge in [-0.05, 0) is 12.1 Å². The van der Waals surface area contributed by atoms with Crippen LogP contribution in [-0.2, 0) is 6.54 Å². The van der Waals surface area contributed by atoms with Gasteiger partial charge in [-0.2, -0.15) is 0 Å². The summed E-state index contributed by atoms with van der Waals surface area (Å²) in [7, 11) is 0. The number of fused-ring (bicyclic) bond motifs is 1. The van der Waals surface area contributed by atoms with Gasteiger partial charge in [-0.15, -0.1) is 6.58 Å². The summed E-state index contributed by atoms with van der Waals surface area (Å²) in [6, 6.07) is 5.13. The van der Waals surface area contributed by atoms with Crippen LogP contribution in [0.5, 0.6) is 5.75 Å². The standard InChI is InChI=1S/C10H9NO2S/c1-2-6-11-9-7(12)4-3-5-8(9)14-10(11)13/h2-5,12H,1,6H2. The monoisotopic (exact) mass is 207 g/mol. The fourth-order valence-electron chi connectivity index (χ4n) is 1.40. The van der Waals surface area contributed by atoms with Crippen molar-refractivity contribution in [2.75, 3.05) is 0 Å². The topological polar surface area (TPSA) is 42.2 Å². The molecule has 14 heavy (non-hydrogen) atoms. The molecule has 0 aliphatic rings. The van der Waals surface area contributed by atoms with Gasteiger partial charge in [-0.3, -0.25) is 9.36 Å². The molecule has 1 aromatic carbocycles. The highest BCUT2D eigenvalue weighted by Gasteiger charge is 2.09. The average molecular weight is 207 g/mol. The molecule has 0 aliphatic heterocycles. The van der Waals surface area contributed by atoms with Gasteiger partial charge in [-0.1, -0.05) is 23.5 Å². The first kappa shape index (κ1) is 9.02. The Kier molecular flexibility index (Phi) is 2.13. The molecule has 0 saturated heterocycles. The number of nitrogens with zero attached hydrogens (tertiary/aromatic N) is 1. The van der Waals surface area contributed by atoms with Crippen molar-refractivity contribution in [1.82, 2.24) is 4.57 Å². The number of hydrogen-bond donors (Lipinski definition) is 1. The number of aromatic nitrogens is 1. The molecule has 3 nitrogen and oxygen atoms in total. The lowest BCUT2D eigenvalue weighted by Gasteiger charge is -2.00. The molecule has 0 amide bonds. The van der Waals surface area contributed by atoms with Crippen LogP contribution in [0.4, 0.5) is 0 Å². The van der Waals surface area contributed by atoms with Crippen molar-refractivity contribution in [3.8, 4) is 5.75 Å². The van der Waals surface area contributed by atoms with Crippen LogP contribution in [0.1, 0.15) is 0 Å². The van der Waals surface area contributed by atoms with Crippen molar-refractivity contribution in [2.24, 2.45) is 0 Å². The van der Waals surface area contributed by atoms with E-state index in [9.17, 15) is 9.90 Å². The zero-order valence-corrected chi connectivity index (χ0v) is 8.25. The number of phenols is 1. The van der Waals surface area contributed by atoms with Crippen LogP contribution in [0, 0.1) is 0 Å². The van der Waals surface area contributed by atoms with E-state index in [0.717, 1.165) is 16.0 Å². The third-order valence-corrected chi connectivity index (χ3v) is 2.92. The molecular weight excluding hydrogens is 198 g/mol. The SMILES string of the molecule is C=CCn1c(=O)sc2cccc(O)c21. The van der Waals surface area contributed by atoms with Gasteiger partial charge >= 0.3 is 4.87 Å². The number of para-hydroxylation sites is 1. The molecular formula is C10H9NO2S. The first-order valence-corrected chi connectivity index (χ1v) is 4.98. The molecule has 0 fully saturated rings. The van der Waals surface area contributed by atoms with Crippen LogP contribution in [0.25, 0.3) is 10.2 Å². The Morgan fingerprint density at radius 2 is 2.36 bits per heavy atom. The number of phenolic OH excluding ortho intramolecular Hbond substituents is 1. The highest BCUT2D eigenvalue weighted by atomic mass is 32.1. The number of benzene rings is 1. The predicted octanol–water partition coefficient (Wildman–Crippen LogP) is 1.95. The van der Waals surface area contributed by atoms with Gasteiger partial charge in [0.25, 0.3) is 0 Å². The largest absolute Gasteiger partial charge is 0.506 e. The maximum absolute atomic E-state index is 11.5. The van der Waals surface area contributed by atoms with Crippen molar-refractivity contribution >= 4 is 21.6 Å². The summed E-state index contributed by atoms with van der Waals surface area (Å²) in [4.78, 5) is 11.4. The molecule has 72 valence electrons. The molecule has 1 N–H and O–H groups in total. The van der Waals surface area contributed by atoms with Gasteiger partial charge in [0.2, 0.25) is 0 Å². The van der Waals surface area contributed by atoms with E-state index in [1.54, 1.807) is 18.2 Å². The van der Waals surface area contributed by atoms with Crippen LogP contribution in [0.15, 0.2) is 35.6 Å². The van der Waals surface area contributed by atoms with Crippen LogP contribution < -0.4 is 4.87 Å². The first-order valence-electron chi connectivity index (χ1n) is 4.16. The van der Waals surface area contributed by atoms with Gasteiger partial charge in [0.15, 0.2) is 0 Å². The van der Waals surface area contributed by atoms with E-state index >= 15 is 0 Å². The number of rotatable bonds is 2. The van der Waals surface area contributed by atoms with Crippen molar-refractivity contribution in [3.63, 3.8) is 0 Å². The normalized spacial score (nSPS) is 10.6. The van der Waals surface area contributed by atoms with Gasteiger partial charge in [0, 0.05) is 6.54 Å². The molecule has 0 saturated carbocycles. The van der Waals surface area contributed by atoms with E-state index in [1.807, 2.05) is 6.07 Å². The zero-order chi connectivity index (χ0) is 10.1. The van der Waals surface area contributed by atoms with Gasteiger partial charge in [-0.25, -0.2) is 0 Å². The molecule has 2 aromatic rings. The Morgan fingerprint density at radius 1 is 1.57 bits per heavy atom. The number of thiazole rings is 1. The quantitative estimate of drug-likeness (QED) is 0.765. The van der Waals surface area contributed by atoms with E-state index < -0.39 is 0 Å². The lowest BCUT2D eigenvalue weighted by molar-refractivity contribution is 0.478. The minimum Gasteiger partial charge on any atom is -0.506 e. The van der Waals surface area contributed by atoms with Gasteiger partial charge in [0.05, 0.1) is 4.70 Å². The van der Waals surface area contributed by atoms with Crippen LogP contribution in [0.3, 0.4) is 0 Å². The minimum atomic E-state index is -0.0681. The summed E-state index contributed by atoms with van der Waals surface area (Å²) in [5.74, 6) is 0.141. The molecule has 0 radical (unpaired) electrons. The maximum Gasteiger partial charge on any atom is 0.308 e. The van der Waals surface area contributed by atoms with Crippen LogP contribution >= 0.6 is 11.3 Å². The molecule has 2 rings (SSSR count). The zero-order valence-electron chi connectivity index (χ0n) is 7.43. The Bertz CT molecular complexity index is 539. The predicted molar refractivity (Wildman–Crippen MR) is 57.9 cm³/mol. The highest BCUT2D eigenvalue weighted by molar-refractivity contribution is 7.16. The minimum absolute atomic E-state index is 0.0681. The fraction of sp³-hybridized carbons (Fsp3) is 0.100. The van der Waals surface area contributed by atoms with E-state index in [4.69, 9.17) is 0 Å². The van der Waals surface area contributed by atoms with E-state index in [-0.39, 0.29) is 10.6 Å².